The molecule has 0 N–H and O–H groups in total. The molecule has 23 heavy (non-hydrogen) atoms. The molecule has 1 aromatic heterocycles. The van der Waals surface area contributed by atoms with Gasteiger partial charge in [0, 0.05) is 30.9 Å². The van der Waals surface area contributed by atoms with Crippen LogP contribution in [-0.2, 0) is 6.54 Å². The molecule has 0 aliphatic carbocycles. The Bertz CT molecular complexity index is 826. The first-order valence-electron chi connectivity index (χ1n) is 6.70. The van der Waals surface area contributed by atoms with Crippen LogP contribution >= 0.6 is 11.6 Å². The van der Waals surface area contributed by atoms with Gasteiger partial charge in [-0.25, -0.2) is 9.78 Å². The number of nitro benzene ring substituents is 1. The van der Waals surface area contributed by atoms with Gasteiger partial charge in [-0.15, -0.1) is 0 Å². The van der Waals surface area contributed by atoms with Gasteiger partial charge < -0.3 is 0 Å². The third kappa shape index (κ3) is 2.57. The van der Waals surface area contributed by atoms with Crippen molar-refractivity contribution in [2.45, 2.75) is 13.5 Å². The predicted molar refractivity (Wildman–Crippen MR) is 84.9 cm³/mol. The Kier molecular flexibility index (Phi) is 3.61. The molecule has 9 heteroatoms. The average molecular weight is 334 g/mol. The molecular formula is C14H12ClN5O3. The van der Waals surface area contributed by atoms with Crippen LogP contribution in [0.15, 0.2) is 24.4 Å². The van der Waals surface area contributed by atoms with Crippen molar-refractivity contribution in [3.05, 3.63) is 50.9 Å². The van der Waals surface area contributed by atoms with Gasteiger partial charge in [-0.3, -0.25) is 19.9 Å². The summed E-state index contributed by atoms with van der Waals surface area (Å²) in [6.45, 7) is 2.01. The van der Waals surface area contributed by atoms with Crippen molar-refractivity contribution in [2.75, 3.05) is 16.8 Å². The summed E-state index contributed by atoms with van der Waals surface area (Å²) in [6, 6.07) is 4.08. The van der Waals surface area contributed by atoms with Gasteiger partial charge in [0.25, 0.3) is 5.69 Å². The quantitative estimate of drug-likeness (QED) is 0.478. The fourth-order valence-corrected chi connectivity index (χ4v) is 2.61. The lowest BCUT2D eigenvalue weighted by atomic mass is 10.1. The molecule has 0 radical (unpaired) electrons. The molecular weight excluding hydrogens is 322 g/mol. The van der Waals surface area contributed by atoms with E-state index in [1.165, 1.54) is 21.9 Å². The van der Waals surface area contributed by atoms with E-state index in [4.69, 9.17) is 11.6 Å². The number of non-ortho nitro benzene ring substituents is 1. The summed E-state index contributed by atoms with van der Waals surface area (Å²) in [5, 5.41) is 11.0. The van der Waals surface area contributed by atoms with Crippen molar-refractivity contribution in [3.8, 4) is 0 Å². The zero-order valence-corrected chi connectivity index (χ0v) is 13.1. The van der Waals surface area contributed by atoms with Gasteiger partial charge in [0.05, 0.1) is 17.2 Å². The van der Waals surface area contributed by atoms with Crippen LogP contribution in [0, 0.1) is 17.0 Å². The number of aryl methyl sites for hydroxylation is 1. The minimum Gasteiger partial charge on any atom is -0.289 e. The van der Waals surface area contributed by atoms with Crippen molar-refractivity contribution in [1.29, 1.82) is 0 Å². The molecule has 0 fully saturated rings. The van der Waals surface area contributed by atoms with Crippen LogP contribution in [0.25, 0.3) is 0 Å². The summed E-state index contributed by atoms with van der Waals surface area (Å²) in [6.07, 6.45) is 1.55. The number of urea groups is 1. The number of nitro groups is 1. The summed E-state index contributed by atoms with van der Waals surface area (Å²) < 4.78 is 0. The summed E-state index contributed by atoms with van der Waals surface area (Å²) in [4.78, 5) is 33.9. The topological polar surface area (TPSA) is 92.5 Å². The Hall–Kier alpha value is -2.74. The highest BCUT2D eigenvalue weighted by molar-refractivity contribution is 6.28. The maximum Gasteiger partial charge on any atom is 0.330 e. The SMILES string of the molecule is Cc1ccc([N+](=O)[O-])cc1N1Cc2cnc(Cl)nc2N(C)C1=O. The maximum atomic E-state index is 12.6. The lowest BCUT2D eigenvalue weighted by molar-refractivity contribution is -0.384. The first-order chi connectivity index (χ1) is 10.9. The lowest BCUT2D eigenvalue weighted by Gasteiger charge is -2.34. The van der Waals surface area contributed by atoms with E-state index in [1.54, 1.807) is 26.2 Å². The Labute approximate surface area is 136 Å². The summed E-state index contributed by atoms with van der Waals surface area (Å²) in [7, 11) is 1.57. The Morgan fingerprint density at radius 3 is 2.83 bits per heavy atom. The van der Waals surface area contributed by atoms with E-state index in [0.717, 1.165) is 5.56 Å². The second kappa shape index (κ2) is 5.47. The number of carbonyl (C=O) groups excluding carboxylic acids is 1. The molecule has 0 unspecified atom stereocenters. The number of halogens is 1. The van der Waals surface area contributed by atoms with Crippen molar-refractivity contribution in [2.24, 2.45) is 0 Å². The highest BCUT2D eigenvalue weighted by Gasteiger charge is 2.31. The average Bonchev–Trinajstić information content (AvgIpc) is 2.52. The molecule has 2 heterocycles. The molecule has 0 atom stereocenters. The lowest BCUT2D eigenvalue weighted by Crippen LogP contribution is -2.46. The standard InChI is InChI=1S/C14H12ClN5O3/c1-8-3-4-10(20(22)23)5-11(8)19-7-9-6-16-13(15)17-12(9)18(2)14(19)21/h3-6H,7H2,1-2H3. The smallest absolute Gasteiger partial charge is 0.289 e. The largest absolute Gasteiger partial charge is 0.330 e. The number of rotatable bonds is 2. The molecule has 2 amide bonds. The number of benzene rings is 1. The Morgan fingerprint density at radius 1 is 1.39 bits per heavy atom. The highest BCUT2D eigenvalue weighted by Crippen LogP contribution is 2.33. The van der Waals surface area contributed by atoms with E-state index in [-0.39, 0.29) is 23.5 Å². The number of nitrogens with zero attached hydrogens (tertiary/aromatic N) is 5. The number of fused-ring (bicyclic) bond motifs is 1. The van der Waals surface area contributed by atoms with Crippen molar-refractivity contribution in [1.82, 2.24) is 9.97 Å². The van der Waals surface area contributed by atoms with Crippen LogP contribution in [0.3, 0.4) is 0 Å². The van der Waals surface area contributed by atoms with Crippen LogP contribution in [0.4, 0.5) is 22.0 Å². The summed E-state index contributed by atoms with van der Waals surface area (Å²) in [5.41, 5.74) is 1.88. The van der Waals surface area contributed by atoms with Gasteiger partial charge >= 0.3 is 6.03 Å². The van der Waals surface area contributed by atoms with Crippen LogP contribution in [0.5, 0.6) is 0 Å². The number of hydrogen-bond donors (Lipinski definition) is 0. The van der Waals surface area contributed by atoms with E-state index >= 15 is 0 Å². The highest BCUT2D eigenvalue weighted by atomic mass is 35.5. The van der Waals surface area contributed by atoms with Gasteiger partial charge in [-0.05, 0) is 24.1 Å². The minimum absolute atomic E-state index is 0.0587. The van der Waals surface area contributed by atoms with Crippen molar-refractivity contribution < 1.29 is 9.72 Å². The predicted octanol–water partition coefficient (Wildman–Crippen LogP) is 2.92. The molecule has 118 valence electrons. The molecule has 0 bridgehead atoms. The van der Waals surface area contributed by atoms with Crippen molar-refractivity contribution in [3.63, 3.8) is 0 Å². The number of amides is 2. The van der Waals surface area contributed by atoms with Gasteiger partial charge in [0.2, 0.25) is 5.28 Å². The molecule has 0 spiro atoms. The molecule has 0 saturated carbocycles. The van der Waals surface area contributed by atoms with E-state index in [9.17, 15) is 14.9 Å². The van der Waals surface area contributed by atoms with Crippen LogP contribution in [-0.4, -0.2) is 28.0 Å². The number of anilines is 2. The molecule has 3 rings (SSSR count). The normalized spacial score (nSPS) is 14.0. The third-order valence-electron chi connectivity index (χ3n) is 3.67. The zero-order chi connectivity index (χ0) is 16.7. The third-order valence-corrected chi connectivity index (χ3v) is 3.85. The van der Waals surface area contributed by atoms with E-state index in [2.05, 4.69) is 9.97 Å². The van der Waals surface area contributed by atoms with Crippen LogP contribution in [0.1, 0.15) is 11.1 Å². The van der Waals surface area contributed by atoms with Gasteiger partial charge in [0.1, 0.15) is 5.82 Å². The molecule has 1 aliphatic rings. The van der Waals surface area contributed by atoms with Crippen LogP contribution in [0.2, 0.25) is 5.28 Å². The van der Waals surface area contributed by atoms with E-state index < -0.39 is 4.92 Å². The van der Waals surface area contributed by atoms with Gasteiger partial charge in [-0.2, -0.15) is 4.98 Å². The first kappa shape index (κ1) is 15.2. The zero-order valence-electron chi connectivity index (χ0n) is 12.4. The van der Waals surface area contributed by atoms with Gasteiger partial charge in [-0.1, -0.05) is 6.07 Å². The first-order valence-corrected chi connectivity index (χ1v) is 7.08. The maximum absolute atomic E-state index is 12.6. The second-order valence-electron chi connectivity index (χ2n) is 5.14. The fourth-order valence-electron chi connectivity index (χ4n) is 2.48. The molecule has 1 aliphatic heterocycles. The Balaban J connectivity index is 2.08. The summed E-state index contributed by atoms with van der Waals surface area (Å²) >= 11 is 5.78. The molecule has 0 saturated heterocycles. The molecule has 1 aromatic carbocycles. The molecule has 8 nitrogen and oxygen atoms in total. The Morgan fingerprint density at radius 2 is 2.13 bits per heavy atom. The summed E-state index contributed by atoms with van der Waals surface area (Å²) in [5.74, 6) is 0.439. The molecule has 2 aromatic rings. The fraction of sp³-hybridized carbons (Fsp3) is 0.214. The van der Waals surface area contributed by atoms with E-state index in [0.29, 0.717) is 17.1 Å². The second-order valence-corrected chi connectivity index (χ2v) is 5.48. The van der Waals surface area contributed by atoms with Gasteiger partial charge in [0.15, 0.2) is 0 Å². The monoisotopic (exact) mass is 333 g/mol. The number of carbonyl (C=O) groups is 1. The minimum atomic E-state index is -0.488. The van der Waals surface area contributed by atoms with Crippen LogP contribution < -0.4 is 9.80 Å². The number of aromatic nitrogens is 2. The van der Waals surface area contributed by atoms with E-state index in [1.807, 2.05) is 0 Å². The number of hydrogen-bond acceptors (Lipinski definition) is 5. The van der Waals surface area contributed by atoms with Crippen molar-refractivity contribution >= 4 is 34.8 Å².